The average Bonchev–Trinajstić information content (AvgIpc) is 2.25. The molecule has 3 nitrogen and oxygen atoms in total. The molecule has 0 radical (unpaired) electrons. The lowest BCUT2D eigenvalue weighted by Crippen LogP contribution is -2.12. The Balaban J connectivity index is 2.15. The summed E-state index contributed by atoms with van der Waals surface area (Å²) in [6, 6.07) is 9.84. The Morgan fingerprint density at radius 3 is 2.67 bits per heavy atom. The van der Waals surface area contributed by atoms with Crippen molar-refractivity contribution in [1.29, 1.82) is 0 Å². The van der Waals surface area contributed by atoms with E-state index < -0.39 is 5.97 Å². The van der Waals surface area contributed by atoms with Crippen LogP contribution in [-0.4, -0.2) is 17.7 Å². The Hall–Kier alpha value is -1.35. The summed E-state index contributed by atoms with van der Waals surface area (Å²) in [5.41, 5.74) is 1.11. The molecule has 1 N–H and O–H groups in total. The van der Waals surface area contributed by atoms with Gasteiger partial charge in [-0.25, -0.2) is 0 Å². The van der Waals surface area contributed by atoms with Crippen molar-refractivity contribution in [2.75, 3.05) is 6.61 Å². The van der Waals surface area contributed by atoms with Crippen LogP contribution in [0.1, 0.15) is 18.9 Å². The summed E-state index contributed by atoms with van der Waals surface area (Å²) in [4.78, 5) is 10.5. The number of hydrogen-bond donors (Lipinski definition) is 1. The van der Waals surface area contributed by atoms with Gasteiger partial charge in [0.25, 0.3) is 0 Å². The minimum absolute atomic E-state index is 0.333. The maximum atomic E-state index is 10.5. The normalized spacial score (nSPS) is 12.3. The zero-order valence-electron chi connectivity index (χ0n) is 8.85. The number of ether oxygens (including phenoxy) is 1. The zero-order chi connectivity index (χ0) is 11.1. The molecule has 0 saturated carbocycles. The first-order valence-corrected chi connectivity index (χ1v) is 5.04. The van der Waals surface area contributed by atoms with Crippen LogP contribution in [0.4, 0.5) is 0 Å². The van der Waals surface area contributed by atoms with Crippen LogP contribution in [0.3, 0.4) is 0 Å². The highest BCUT2D eigenvalue weighted by Crippen LogP contribution is 2.04. The Labute approximate surface area is 89.7 Å². The van der Waals surface area contributed by atoms with Crippen molar-refractivity contribution in [3.8, 4) is 0 Å². The second kappa shape index (κ2) is 6.19. The van der Waals surface area contributed by atoms with Crippen molar-refractivity contribution in [3.05, 3.63) is 35.9 Å². The van der Waals surface area contributed by atoms with Gasteiger partial charge in [-0.1, -0.05) is 37.3 Å². The van der Waals surface area contributed by atoms with Crippen LogP contribution in [0.25, 0.3) is 0 Å². The first-order chi connectivity index (χ1) is 7.20. The molecule has 0 fully saturated rings. The van der Waals surface area contributed by atoms with Gasteiger partial charge in [-0.2, -0.15) is 0 Å². The molecule has 0 aromatic heterocycles. The zero-order valence-corrected chi connectivity index (χ0v) is 8.85. The number of benzene rings is 1. The van der Waals surface area contributed by atoms with Crippen molar-refractivity contribution in [3.63, 3.8) is 0 Å². The Kier molecular flexibility index (Phi) is 4.84. The summed E-state index contributed by atoms with van der Waals surface area (Å²) < 4.78 is 5.38. The van der Waals surface area contributed by atoms with E-state index in [-0.39, 0.29) is 5.92 Å². The van der Waals surface area contributed by atoms with E-state index in [4.69, 9.17) is 9.84 Å². The van der Waals surface area contributed by atoms with Gasteiger partial charge in [0.05, 0.1) is 12.5 Å². The Morgan fingerprint density at radius 1 is 1.40 bits per heavy atom. The third kappa shape index (κ3) is 4.61. The van der Waals surface area contributed by atoms with Crippen LogP contribution < -0.4 is 0 Å². The van der Waals surface area contributed by atoms with E-state index in [1.165, 1.54) is 0 Å². The lowest BCUT2D eigenvalue weighted by atomic mass is 10.1. The van der Waals surface area contributed by atoms with E-state index in [1.807, 2.05) is 30.3 Å². The minimum Gasteiger partial charge on any atom is -0.481 e. The Bertz CT molecular complexity index is 295. The van der Waals surface area contributed by atoms with Crippen LogP contribution >= 0.6 is 0 Å². The molecule has 0 amide bonds. The standard InChI is InChI=1S/C12H16O3/c1-10(12(13)14)7-8-15-9-11-5-3-2-4-6-11/h2-6,10H,7-9H2,1H3,(H,13,14)/t10-/m1/s1. The van der Waals surface area contributed by atoms with Gasteiger partial charge in [0.2, 0.25) is 0 Å². The van der Waals surface area contributed by atoms with E-state index in [2.05, 4.69) is 0 Å². The summed E-state index contributed by atoms with van der Waals surface area (Å²) in [5.74, 6) is -1.10. The third-order valence-electron chi connectivity index (χ3n) is 2.23. The van der Waals surface area contributed by atoms with Crippen molar-refractivity contribution in [1.82, 2.24) is 0 Å². The number of carboxylic acids is 1. The summed E-state index contributed by atoms with van der Waals surface area (Å²) in [6.45, 7) is 2.73. The molecule has 0 aliphatic rings. The number of rotatable bonds is 6. The maximum absolute atomic E-state index is 10.5. The predicted molar refractivity (Wildman–Crippen MR) is 57.5 cm³/mol. The third-order valence-corrected chi connectivity index (χ3v) is 2.23. The molecule has 0 aliphatic heterocycles. The van der Waals surface area contributed by atoms with Crippen molar-refractivity contribution >= 4 is 5.97 Å². The first-order valence-electron chi connectivity index (χ1n) is 5.04. The summed E-state index contributed by atoms with van der Waals surface area (Å²) in [5, 5.41) is 8.64. The predicted octanol–water partition coefficient (Wildman–Crippen LogP) is 2.31. The molecule has 0 aliphatic carbocycles. The average molecular weight is 208 g/mol. The second-order valence-electron chi connectivity index (χ2n) is 3.57. The monoisotopic (exact) mass is 208 g/mol. The number of hydrogen-bond acceptors (Lipinski definition) is 2. The van der Waals surface area contributed by atoms with E-state index in [0.29, 0.717) is 19.6 Å². The molecule has 1 rings (SSSR count). The molecular weight excluding hydrogens is 192 g/mol. The fourth-order valence-corrected chi connectivity index (χ4v) is 1.15. The Morgan fingerprint density at radius 2 is 2.07 bits per heavy atom. The van der Waals surface area contributed by atoms with Gasteiger partial charge < -0.3 is 9.84 Å². The quantitative estimate of drug-likeness (QED) is 0.730. The number of carbonyl (C=O) groups is 1. The van der Waals surface area contributed by atoms with Gasteiger partial charge in [0.1, 0.15) is 0 Å². The molecule has 0 unspecified atom stereocenters. The van der Waals surface area contributed by atoms with Gasteiger partial charge in [0.15, 0.2) is 0 Å². The molecule has 0 bridgehead atoms. The maximum Gasteiger partial charge on any atom is 0.306 e. The highest BCUT2D eigenvalue weighted by molar-refractivity contribution is 5.69. The van der Waals surface area contributed by atoms with E-state index in [0.717, 1.165) is 5.56 Å². The van der Waals surface area contributed by atoms with Gasteiger partial charge >= 0.3 is 5.97 Å². The summed E-state index contributed by atoms with van der Waals surface area (Å²) >= 11 is 0. The highest BCUT2D eigenvalue weighted by atomic mass is 16.5. The molecular formula is C12H16O3. The minimum atomic E-state index is -0.765. The summed E-state index contributed by atoms with van der Waals surface area (Å²) in [6.07, 6.45) is 0.558. The van der Waals surface area contributed by atoms with Crippen molar-refractivity contribution < 1.29 is 14.6 Å². The van der Waals surface area contributed by atoms with Gasteiger partial charge in [-0.05, 0) is 12.0 Å². The molecule has 3 heteroatoms. The largest absolute Gasteiger partial charge is 0.481 e. The smallest absolute Gasteiger partial charge is 0.306 e. The molecule has 1 aromatic carbocycles. The van der Waals surface area contributed by atoms with Crippen molar-refractivity contribution in [2.45, 2.75) is 20.0 Å². The first kappa shape index (κ1) is 11.7. The fourth-order valence-electron chi connectivity index (χ4n) is 1.15. The fraction of sp³-hybridized carbons (Fsp3) is 0.417. The second-order valence-corrected chi connectivity index (χ2v) is 3.57. The van der Waals surface area contributed by atoms with Gasteiger partial charge in [-0.15, -0.1) is 0 Å². The van der Waals surface area contributed by atoms with Crippen LogP contribution in [0, 0.1) is 5.92 Å². The summed E-state index contributed by atoms with van der Waals surface area (Å²) in [7, 11) is 0. The molecule has 0 spiro atoms. The van der Waals surface area contributed by atoms with Gasteiger partial charge in [-0.3, -0.25) is 4.79 Å². The molecule has 0 heterocycles. The molecule has 1 aromatic rings. The number of carboxylic acid groups (broad SMARTS) is 1. The van der Waals surface area contributed by atoms with E-state index in [9.17, 15) is 4.79 Å². The van der Waals surface area contributed by atoms with E-state index >= 15 is 0 Å². The van der Waals surface area contributed by atoms with Crippen LogP contribution in [0.15, 0.2) is 30.3 Å². The molecule has 1 atom stereocenters. The van der Waals surface area contributed by atoms with Gasteiger partial charge in [0, 0.05) is 6.61 Å². The highest BCUT2D eigenvalue weighted by Gasteiger charge is 2.09. The topological polar surface area (TPSA) is 46.5 Å². The SMILES string of the molecule is C[C@H](CCOCc1ccccc1)C(=O)O. The number of aliphatic carboxylic acids is 1. The molecule has 82 valence electrons. The van der Waals surface area contributed by atoms with Crippen LogP contribution in [0.5, 0.6) is 0 Å². The molecule has 0 saturated heterocycles. The lowest BCUT2D eigenvalue weighted by molar-refractivity contribution is -0.141. The van der Waals surface area contributed by atoms with E-state index in [1.54, 1.807) is 6.92 Å². The molecule has 15 heavy (non-hydrogen) atoms. The van der Waals surface area contributed by atoms with Crippen LogP contribution in [-0.2, 0) is 16.1 Å². The van der Waals surface area contributed by atoms with Crippen molar-refractivity contribution in [2.24, 2.45) is 5.92 Å². The lowest BCUT2D eigenvalue weighted by Gasteiger charge is -2.07. The van der Waals surface area contributed by atoms with Crippen LogP contribution in [0.2, 0.25) is 0 Å².